The van der Waals surface area contributed by atoms with Crippen LogP contribution in [0.2, 0.25) is 0 Å². The van der Waals surface area contributed by atoms with E-state index in [4.69, 9.17) is 9.73 Å². The van der Waals surface area contributed by atoms with Crippen LogP contribution >= 0.6 is 11.8 Å². The summed E-state index contributed by atoms with van der Waals surface area (Å²) >= 11 is 2.09. The summed E-state index contributed by atoms with van der Waals surface area (Å²) in [6, 6.07) is 0. The fourth-order valence-corrected chi connectivity index (χ4v) is 7.03. The Morgan fingerprint density at radius 1 is 1.42 bits per heavy atom. The lowest BCUT2D eigenvalue weighted by molar-refractivity contribution is 0.0699. The van der Waals surface area contributed by atoms with Crippen LogP contribution in [0.3, 0.4) is 0 Å². The number of sulfone groups is 1. The summed E-state index contributed by atoms with van der Waals surface area (Å²) in [4.78, 5) is 7.16. The molecular formula is C16H29N3O3S2. The van der Waals surface area contributed by atoms with Crippen LogP contribution < -0.4 is 5.32 Å². The zero-order valence-corrected chi connectivity index (χ0v) is 16.1. The Balaban J connectivity index is 1.64. The van der Waals surface area contributed by atoms with Crippen LogP contribution in [-0.4, -0.2) is 80.7 Å². The Labute approximate surface area is 149 Å². The van der Waals surface area contributed by atoms with Crippen molar-refractivity contribution in [2.24, 2.45) is 10.9 Å². The Bertz CT molecular complexity index is 553. The first-order chi connectivity index (χ1) is 11.5. The highest BCUT2D eigenvalue weighted by atomic mass is 32.2. The molecule has 0 aromatic rings. The average molecular weight is 376 g/mol. The maximum atomic E-state index is 11.6. The molecule has 1 N–H and O–H groups in total. The third kappa shape index (κ3) is 4.58. The van der Waals surface area contributed by atoms with Gasteiger partial charge in [-0.1, -0.05) is 0 Å². The Morgan fingerprint density at radius 3 is 2.88 bits per heavy atom. The van der Waals surface area contributed by atoms with E-state index < -0.39 is 9.84 Å². The Morgan fingerprint density at radius 2 is 2.21 bits per heavy atom. The number of guanidine groups is 1. The number of rotatable bonds is 3. The van der Waals surface area contributed by atoms with Gasteiger partial charge in [0.2, 0.25) is 0 Å². The van der Waals surface area contributed by atoms with Crippen molar-refractivity contribution in [1.29, 1.82) is 0 Å². The number of aliphatic imine (C=N–C) groups is 1. The van der Waals surface area contributed by atoms with Crippen LogP contribution in [0.4, 0.5) is 0 Å². The maximum absolute atomic E-state index is 11.6. The lowest BCUT2D eigenvalue weighted by Gasteiger charge is -2.45. The highest BCUT2D eigenvalue weighted by Gasteiger charge is 2.38. The normalized spacial score (nSPS) is 29.8. The quantitative estimate of drug-likeness (QED) is 0.586. The van der Waals surface area contributed by atoms with E-state index in [1.807, 2.05) is 0 Å². The summed E-state index contributed by atoms with van der Waals surface area (Å²) < 4.78 is 29.1. The van der Waals surface area contributed by atoms with E-state index in [0.717, 1.165) is 63.8 Å². The standard InChI is InChI=1S/C16H29N3O3S2/c1-2-17-15(18-11-14-3-10-24(20,21)12-14)19-6-9-23-16(13-19)4-7-22-8-5-16/h14H,2-13H2,1H3,(H,17,18). The van der Waals surface area contributed by atoms with E-state index in [9.17, 15) is 8.42 Å². The van der Waals surface area contributed by atoms with Crippen LogP contribution in [-0.2, 0) is 14.6 Å². The fraction of sp³-hybridized carbons (Fsp3) is 0.938. The van der Waals surface area contributed by atoms with Gasteiger partial charge in [0.25, 0.3) is 0 Å². The Hall–Kier alpha value is -0.470. The topological polar surface area (TPSA) is 71.0 Å². The lowest BCUT2D eigenvalue weighted by atomic mass is 9.98. The van der Waals surface area contributed by atoms with Crippen molar-refractivity contribution in [2.75, 3.05) is 56.7 Å². The van der Waals surface area contributed by atoms with Crippen molar-refractivity contribution >= 4 is 27.6 Å². The van der Waals surface area contributed by atoms with Gasteiger partial charge in [-0.05, 0) is 32.1 Å². The average Bonchev–Trinajstić information content (AvgIpc) is 2.91. The third-order valence-corrected chi connectivity index (χ3v) is 8.49. The van der Waals surface area contributed by atoms with E-state index in [2.05, 4.69) is 28.9 Å². The molecule has 3 aliphatic rings. The summed E-state index contributed by atoms with van der Waals surface area (Å²) in [6.07, 6.45) is 2.96. The van der Waals surface area contributed by atoms with Crippen LogP contribution in [0, 0.1) is 5.92 Å². The molecule has 3 heterocycles. The molecule has 0 bridgehead atoms. The summed E-state index contributed by atoms with van der Waals surface area (Å²) in [7, 11) is -2.82. The first kappa shape index (κ1) is 18.3. The fourth-order valence-electron chi connectivity index (χ4n) is 3.73. The van der Waals surface area contributed by atoms with Gasteiger partial charge in [-0.25, -0.2) is 8.42 Å². The van der Waals surface area contributed by atoms with Gasteiger partial charge in [0, 0.05) is 49.9 Å². The maximum Gasteiger partial charge on any atom is 0.193 e. The minimum atomic E-state index is -2.82. The molecule has 0 saturated carbocycles. The molecule has 1 unspecified atom stereocenters. The highest BCUT2D eigenvalue weighted by molar-refractivity contribution is 8.00. The minimum Gasteiger partial charge on any atom is -0.381 e. The van der Waals surface area contributed by atoms with Gasteiger partial charge in [0.05, 0.1) is 11.5 Å². The highest BCUT2D eigenvalue weighted by Crippen LogP contribution is 2.39. The molecule has 3 rings (SSSR count). The molecule has 3 saturated heterocycles. The zero-order valence-electron chi connectivity index (χ0n) is 14.5. The van der Waals surface area contributed by atoms with Crippen LogP contribution in [0.25, 0.3) is 0 Å². The van der Waals surface area contributed by atoms with Gasteiger partial charge in [-0.3, -0.25) is 4.99 Å². The summed E-state index contributed by atoms with van der Waals surface area (Å²) in [5.41, 5.74) is 0. The number of hydrogen-bond donors (Lipinski definition) is 1. The molecule has 138 valence electrons. The van der Waals surface area contributed by atoms with Crippen molar-refractivity contribution in [2.45, 2.75) is 30.9 Å². The second-order valence-electron chi connectivity index (χ2n) is 7.03. The van der Waals surface area contributed by atoms with Gasteiger partial charge >= 0.3 is 0 Å². The molecule has 0 radical (unpaired) electrons. The van der Waals surface area contributed by atoms with E-state index in [0.29, 0.717) is 22.8 Å². The van der Waals surface area contributed by atoms with Crippen molar-refractivity contribution in [3.63, 3.8) is 0 Å². The van der Waals surface area contributed by atoms with Gasteiger partial charge in [-0.2, -0.15) is 11.8 Å². The number of nitrogens with zero attached hydrogens (tertiary/aromatic N) is 2. The molecule has 1 atom stereocenters. The van der Waals surface area contributed by atoms with E-state index in [-0.39, 0.29) is 5.92 Å². The molecule has 0 aromatic heterocycles. The summed E-state index contributed by atoms with van der Waals surface area (Å²) in [6.45, 7) is 7.25. The monoisotopic (exact) mass is 375 g/mol. The van der Waals surface area contributed by atoms with Gasteiger partial charge in [-0.15, -0.1) is 0 Å². The molecule has 0 amide bonds. The van der Waals surface area contributed by atoms with Gasteiger partial charge in [0.15, 0.2) is 15.8 Å². The summed E-state index contributed by atoms with van der Waals surface area (Å²) in [5, 5.41) is 3.40. The largest absolute Gasteiger partial charge is 0.381 e. The molecule has 8 heteroatoms. The van der Waals surface area contributed by atoms with Crippen LogP contribution in [0.1, 0.15) is 26.2 Å². The molecule has 0 aromatic carbocycles. The second-order valence-corrected chi connectivity index (χ2v) is 10.8. The predicted octanol–water partition coefficient (Wildman–Crippen LogP) is 0.985. The molecular weight excluding hydrogens is 346 g/mol. The lowest BCUT2D eigenvalue weighted by Crippen LogP contribution is -2.54. The molecule has 0 aliphatic carbocycles. The SMILES string of the molecule is CCNC(=NCC1CCS(=O)(=O)C1)N1CCSC2(CCOCC2)C1. The third-order valence-electron chi connectivity index (χ3n) is 5.11. The number of thioether (sulfide) groups is 1. The molecule has 6 nitrogen and oxygen atoms in total. The molecule has 3 aliphatic heterocycles. The number of hydrogen-bond acceptors (Lipinski definition) is 5. The van der Waals surface area contributed by atoms with E-state index in [1.54, 1.807) is 0 Å². The van der Waals surface area contributed by atoms with Crippen LogP contribution in [0.5, 0.6) is 0 Å². The van der Waals surface area contributed by atoms with Crippen molar-refractivity contribution < 1.29 is 13.2 Å². The predicted molar refractivity (Wildman–Crippen MR) is 99.6 cm³/mol. The molecule has 3 fully saturated rings. The first-order valence-corrected chi connectivity index (χ1v) is 11.8. The molecule has 24 heavy (non-hydrogen) atoms. The molecule has 1 spiro atoms. The van der Waals surface area contributed by atoms with Gasteiger partial charge < -0.3 is 15.0 Å². The van der Waals surface area contributed by atoms with E-state index >= 15 is 0 Å². The Kier molecular flexibility index (Phi) is 5.98. The van der Waals surface area contributed by atoms with Gasteiger partial charge in [0.1, 0.15) is 0 Å². The second kappa shape index (κ2) is 7.83. The minimum absolute atomic E-state index is 0.180. The van der Waals surface area contributed by atoms with Crippen molar-refractivity contribution in [3.8, 4) is 0 Å². The number of nitrogens with one attached hydrogen (secondary N) is 1. The van der Waals surface area contributed by atoms with Crippen molar-refractivity contribution in [3.05, 3.63) is 0 Å². The smallest absolute Gasteiger partial charge is 0.193 e. The van der Waals surface area contributed by atoms with Crippen molar-refractivity contribution in [1.82, 2.24) is 10.2 Å². The zero-order chi connectivity index (χ0) is 17.0. The van der Waals surface area contributed by atoms with Crippen LogP contribution in [0.15, 0.2) is 4.99 Å². The summed E-state index contributed by atoms with van der Waals surface area (Å²) in [5.74, 6) is 2.87. The van der Waals surface area contributed by atoms with E-state index in [1.165, 1.54) is 0 Å². The number of ether oxygens (including phenoxy) is 1. The first-order valence-electron chi connectivity index (χ1n) is 8.97.